The molecule has 0 radical (unpaired) electrons. The van der Waals surface area contributed by atoms with Crippen molar-refractivity contribution in [1.29, 1.82) is 5.26 Å². The number of likely N-dealkylation sites (tertiary alicyclic amines) is 1. The molecular weight excluding hydrogens is 244 g/mol. The van der Waals surface area contributed by atoms with Crippen molar-refractivity contribution in [3.05, 3.63) is 11.8 Å². The van der Waals surface area contributed by atoms with Crippen molar-refractivity contribution in [3.63, 3.8) is 0 Å². The molecule has 1 aliphatic carbocycles. The Balaban J connectivity index is 2.16. The molecule has 0 spiro atoms. The van der Waals surface area contributed by atoms with Crippen LogP contribution in [0.3, 0.4) is 0 Å². The highest BCUT2D eigenvalue weighted by Gasteiger charge is 2.66. The maximum absolute atomic E-state index is 12.5. The molecule has 0 aromatic rings. The van der Waals surface area contributed by atoms with Crippen molar-refractivity contribution in [2.75, 3.05) is 7.05 Å². The molecule has 100 valence electrons. The Bertz CT molecular complexity index is 533. The van der Waals surface area contributed by atoms with Crippen molar-refractivity contribution in [3.8, 4) is 6.07 Å². The Morgan fingerprint density at radius 1 is 1.37 bits per heavy atom. The first-order valence-corrected chi connectivity index (χ1v) is 6.65. The summed E-state index contributed by atoms with van der Waals surface area (Å²) in [5.41, 5.74) is -1.58. The largest absolute Gasteiger partial charge is 0.457 e. The van der Waals surface area contributed by atoms with E-state index in [9.17, 15) is 9.59 Å². The van der Waals surface area contributed by atoms with Gasteiger partial charge in [0.15, 0.2) is 11.5 Å². The van der Waals surface area contributed by atoms with Crippen molar-refractivity contribution in [2.45, 2.75) is 44.2 Å². The van der Waals surface area contributed by atoms with Crippen LogP contribution in [0.1, 0.15) is 38.5 Å². The van der Waals surface area contributed by atoms with Crippen LogP contribution in [0.5, 0.6) is 0 Å². The van der Waals surface area contributed by atoms with Crippen LogP contribution >= 0.6 is 0 Å². The molecule has 3 rings (SSSR count). The number of piperidine rings is 1. The number of Topliss-reactive ketones (excluding diaryl/α,β-unsaturated/α-hetero) is 1. The van der Waals surface area contributed by atoms with Crippen molar-refractivity contribution < 1.29 is 14.3 Å². The van der Waals surface area contributed by atoms with Gasteiger partial charge in [-0.15, -0.1) is 0 Å². The van der Waals surface area contributed by atoms with Crippen LogP contribution in [0, 0.1) is 16.7 Å². The minimum Gasteiger partial charge on any atom is -0.457 e. The van der Waals surface area contributed by atoms with Crippen molar-refractivity contribution >= 4 is 11.7 Å². The van der Waals surface area contributed by atoms with E-state index in [0.29, 0.717) is 38.5 Å². The Labute approximate surface area is 111 Å². The first kappa shape index (κ1) is 12.2. The quantitative estimate of drug-likeness (QED) is 0.661. The number of amides is 1. The van der Waals surface area contributed by atoms with E-state index in [2.05, 4.69) is 0 Å². The van der Waals surface area contributed by atoms with Gasteiger partial charge >= 0.3 is 0 Å². The number of nitriles is 1. The normalized spacial score (nSPS) is 37.7. The molecule has 2 heterocycles. The summed E-state index contributed by atoms with van der Waals surface area (Å²) in [5, 5.41) is 9.05. The first-order valence-electron chi connectivity index (χ1n) is 6.65. The van der Waals surface area contributed by atoms with Gasteiger partial charge in [0.25, 0.3) is 0 Å². The van der Waals surface area contributed by atoms with Gasteiger partial charge in [-0.25, -0.2) is 0 Å². The minimum absolute atomic E-state index is 0.00971. The summed E-state index contributed by atoms with van der Waals surface area (Å²) in [6.45, 7) is 0. The third kappa shape index (κ3) is 1.34. The molecule has 5 heteroatoms. The summed E-state index contributed by atoms with van der Waals surface area (Å²) in [6.07, 6.45) is 4.99. The number of nitrogens with zero attached hydrogens (tertiary/aromatic N) is 2. The van der Waals surface area contributed by atoms with E-state index in [4.69, 9.17) is 10.00 Å². The minimum atomic E-state index is -0.933. The zero-order valence-corrected chi connectivity index (χ0v) is 10.9. The highest BCUT2D eigenvalue weighted by Crippen LogP contribution is 2.56. The lowest BCUT2D eigenvalue weighted by atomic mass is 9.59. The number of hydrogen-bond acceptors (Lipinski definition) is 4. The summed E-state index contributed by atoms with van der Waals surface area (Å²) in [5.74, 6) is 0.391. The molecule has 19 heavy (non-hydrogen) atoms. The summed E-state index contributed by atoms with van der Waals surface area (Å²) < 4.78 is 5.86. The van der Waals surface area contributed by atoms with Gasteiger partial charge in [-0.2, -0.15) is 5.26 Å². The molecule has 5 nitrogen and oxygen atoms in total. The number of ketones is 1. The van der Waals surface area contributed by atoms with Gasteiger partial charge in [0.1, 0.15) is 11.9 Å². The standard InChI is InChI=1S/C14H16N2O3/c1-16-12(18)5-8-13-7-4-10(9-15)19-14(13,16)6-2-3-11(13)17/h4H,2-3,5-8H2,1H3. The fourth-order valence-electron chi connectivity index (χ4n) is 3.85. The van der Waals surface area contributed by atoms with Gasteiger partial charge in [0, 0.05) is 26.3 Å². The number of carbonyl (C=O) groups excluding carboxylic acids is 2. The molecule has 2 atom stereocenters. The smallest absolute Gasteiger partial charge is 0.225 e. The zero-order valence-electron chi connectivity index (χ0n) is 10.9. The Morgan fingerprint density at radius 2 is 2.16 bits per heavy atom. The van der Waals surface area contributed by atoms with Crippen LogP contribution in [-0.4, -0.2) is 29.4 Å². The molecule has 1 saturated heterocycles. The molecule has 2 unspecified atom stereocenters. The average molecular weight is 260 g/mol. The Hall–Kier alpha value is -1.83. The number of rotatable bonds is 0. The second-order valence-corrected chi connectivity index (χ2v) is 5.58. The number of ether oxygens (including phenoxy) is 1. The Morgan fingerprint density at radius 3 is 2.89 bits per heavy atom. The number of carbonyl (C=O) groups is 2. The van der Waals surface area contributed by atoms with E-state index in [1.54, 1.807) is 18.0 Å². The molecule has 0 aromatic carbocycles. The summed E-state index contributed by atoms with van der Waals surface area (Å²) in [7, 11) is 1.69. The monoisotopic (exact) mass is 260 g/mol. The van der Waals surface area contributed by atoms with E-state index >= 15 is 0 Å². The fourth-order valence-corrected chi connectivity index (χ4v) is 3.85. The molecule has 0 aromatic heterocycles. The van der Waals surface area contributed by atoms with Gasteiger partial charge < -0.3 is 9.64 Å². The maximum Gasteiger partial charge on any atom is 0.225 e. The molecule has 1 amide bonds. The van der Waals surface area contributed by atoms with Crippen LogP contribution < -0.4 is 0 Å². The summed E-state index contributed by atoms with van der Waals surface area (Å²) in [6, 6.07) is 2.00. The summed E-state index contributed by atoms with van der Waals surface area (Å²) in [4.78, 5) is 26.1. The lowest BCUT2D eigenvalue weighted by Gasteiger charge is -2.59. The van der Waals surface area contributed by atoms with Crippen molar-refractivity contribution in [1.82, 2.24) is 4.90 Å². The van der Waals surface area contributed by atoms with Crippen LogP contribution in [0.4, 0.5) is 0 Å². The summed E-state index contributed by atoms with van der Waals surface area (Å²) >= 11 is 0. The topological polar surface area (TPSA) is 70.4 Å². The predicted octanol–water partition coefficient (Wildman–Crippen LogP) is 1.50. The van der Waals surface area contributed by atoms with E-state index in [1.165, 1.54) is 0 Å². The molecule has 2 fully saturated rings. The van der Waals surface area contributed by atoms with Gasteiger partial charge in [-0.3, -0.25) is 9.59 Å². The second-order valence-electron chi connectivity index (χ2n) is 5.58. The lowest BCUT2D eigenvalue weighted by molar-refractivity contribution is -0.232. The van der Waals surface area contributed by atoms with Crippen LogP contribution in [0.25, 0.3) is 0 Å². The highest BCUT2D eigenvalue weighted by molar-refractivity contribution is 5.91. The molecule has 3 aliphatic rings. The number of hydrogen-bond donors (Lipinski definition) is 0. The SMILES string of the molecule is CN1C(=O)CCC23CC=C(C#N)OC12CCCC3=O. The molecule has 0 N–H and O–H groups in total. The third-order valence-corrected chi connectivity index (χ3v) is 4.91. The number of allylic oxidation sites excluding steroid dienone is 2. The zero-order chi connectivity index (χ0) is 13.7. The predicted molar refractivity (Wildman–Crippen MR) is 65.4 cm³/mol. The van der Waals surface area contributed by atoms with Crippen molar-refractivity contribution in [2.24, 2.45) is 5.41 Å². The van der Waals surface area contributed by atoms with E-state index in [-0.39, 0.29) is 17.4 Å². The van der Waals surface area contributed by atoms with Crippen LogP contribution in [0.2, 0.25) is 0 Å². The van der Waals surface area contributed by atoms with Crippen LogP contribution in [-0.2, 0) is 14.3 Å². The molecular formula is C14H16N2O3. The van der Waals surface area contributed by atoms with Gasteiger partial charge in [-0.05, 0) is 25.3 Å². The van der Waals surface area contributed by atoms with E-state index in [0.717, 1.165) is 0 Å². The molecule has 1 saturated carbocycles. The first-order chi connectivity index (χ1) is 9.06. The maximum atomic E-state index is 12.5. The van der Waals surface area contributed by atoms with Crippen LogP contribution in [0.15, 0.2) is 11.8 Å². The van der Waals surface area contributed by atoms with E-state index in [1.807, 2.05) is 6.07 Å². The molecule has 2 aliphatic heterocycles. The second kappa shape index (κ2) is 3.83. The van der Waals surface area contributed by atoms with Gasteiger partial charge in [-0.1, -0.05) is 0 Å². The fraction of sp³-hybridized carbons (Fsp3) is 0.643. The third-order valence-electron chi connectivity index (χ3n) is 4.91. The average Bonchev–Trinajstić information content (AvgIpc) is 2.43. The Kier molecular flexibility index (Phi) is 2.46. The van der Waals surface area contributed by atoms with Gasteiger partial charge in [0.2, 0.25) is 5.91 Å². The molecule has 0 bridgehead atoms. The van der Waals surface area contributed by atoms with E-state index < -0.39 is 11.1 Å². The van der Waals surface area contributed by atoms with Gasteiger partial charge in [0.05, 0.1) is 5.41 Å². The highest BCUT2D eigenvalue weighted by atomic mass is 16.5. The lowest BCUT2D eigenvalue weighted by Crippen LogP contribution is -2.70.